The number of rotatable bonds is 4. The Morgan fingerprint density at radius 2 is 2.29 bits per heavy atom. The summed E-state index contributed by atoms with van der Waals surface area (Å²) in [5.41, 5.74) is 4.95. The topological polar surface area (TPSA) is 107 Å². The number of hydrazine groups is 1. The summed E-state index contributed by atoms with van der Waals surface area (Å²) < 4.78 is 15.7. The number of pyridine rings is 1. The lowest BCUT2D eigenvalue weighted by Gasteiger charge is -2.16. The van der Waals surface area contributed by atoms with Gasteiger partial charge in [-0.15, -0.1) is 0 Å². The van der Waals surface area contributed by atoms with Crippen molar-refractivity contribution < 1.29 is 4.39 Å². The molecule has 1 aliphatic rings. The van der Waals surface area contributed by atoms with Gasteiger partial charge in [0.1, 0.15) is 17.6 Å². The molecule has 24 heavy (non-hydrogen) atoms. The maximum atomic E-state index is 14.1. The maximum Gasteiger partial charge on any atom is 0.185 e. The molecule has 8 heteroatoms. The number of nitrogens with two attached hydrogens (primary N) is 2. The lowest BCUT2D eigenvalue weighted by Crippen LogP contribution is -2.34. The minimum atomic E-state index is -1.03. The molecule has 2 aromatic heterocycles. The van der Waals surface area contributed by atoms with E-state index in [9.17, 15) is 4.39 Å². The Morgan fingerprint density at radius 3 is 2.96 bits per heavy atom. The van der Waals surface area contributed by atoms with Gasteiger partial charge in [0.2, 0.25) is 0 Å². The lowest BCUT2D eigenvalue weighted by atomic mass is 10.0. The predicted octanol–water partition coefficient (Wildman–Crippen LogP) is 1.25. The minimum Gasteiger partial charge on any atom is -0.321 e. The largest absolute Gasteiger partial charge is 0.321 e. The minimum absolute atomic E-state index is 0.257. The zero-order valence-corrected chi connectivity index (χ0v) is 12.9. The number of alkyl halides is 1. The molecule has 1 atom stereocenters. The van der Waals surface area contributed by atoms with E-state index in [1.165, 1.54) is 0 Å². The number of hydrazone groups is 1. The van der Waals surface area contributed by atoms with Crippen molar-refractivity contribution in [2.75, 3.05) is 0 Å². The van der Waals surface area contributed by atoms with Gasteiger partial charge in [0.15, 0.2) is 5.84 Å². The Balaban J connectivity index is 2.01. The Hall–Kier alpha value is -3.00. The van der Waals surface area contributed by atoms with E-state index in [2.05, 4.69) is 20.6 Å². The maximum absolute atomic E-state index is 14.1. The molecule has 0 bridgehead atoms. The summed E-state index contributed by atoms with van der Waals surface area (Å²) in [5, 5.41) is 8.15. The van der Waals surface area contributed by atoms with Crippen LogP contribution in [0.3, 0.4) is 0 Å². The van der Waals surface area contributed by atoms with Gasteiger partial charge >= 0.3 is 0 Å². The molecular formula is C16H18FN7. The molecule has 0 radical (unpaired) electrons. The second-order valence-electron chi connectivity index (χ2n) is 5.28. The van der Waals surface area contributed by atoms with E-state index >= 15 is 0 Å². The summed E-state index contributed by atoms with van der Waals surface area (Å²) >= 11 is 0. The Morgan fingerprint density at radius 1 is 1.42 bits per heavy atom. The highest BCUT2D eigenvalue weighted by atomic mass is 19.1. The summed E-state index contributed by atoms with van der Waals surface area (Å²) in [6, 6.07) is 7.29. The number of nitrogens with one attached hydrogen (secondary N) is 1. The van der Waals surface area contributed by atoms with Gasteiger partial charge < -0.3 is 11.3 Å². The lowest BCUT2D eigenvalue weighted by molar-refractivity contribution is 0.365. The van der Waals surface area contributed by atoms with Crippen molar-refractivity contribution in [3.05, 3.63) is 60.0 Å². The Labute approximate surface area is 138 Å². The first kappa shape index (κ1) is 15.9. The molecule has 0 aromatic carbocycles. The van der Waals surface area contributed by atoms with Crippen LogP contribution in [-0.2, 0) is 6.54 Å². The van der Waals surface area contributed by atoms with E-state index in [1.54, 1.807) is 29.1 Å². The predicted molar refractivity (Wildman–Crippen MR) is 90.2 cm³/mol. The van der Waals surface area contributed by atoms with Crippen molar-refractivity contribution in [3.63, 3.8) is 0 Å². The first-order chi connectivity index (χ1) is 11.7. The number of hydrogen-bond donors (Lipinski definition) is 3. The Bertz CT molecular complexity index is 792. The van der Waals surface area contributed by atoms with Crippen LogP contribution in [0.15, 0.2) is 59.4 Å². The van der Waals surface area contributed by atoms with Crippen molar-refractivity contribution in [1.29, 1.82) is 0 Å². The van der Waals surface area contributed by atoms with Crippen molar-refractivity contribution in [2.45, 2.75) is 19.1 Å². The molecule has 1 aliphatic carbocycles. The molecule has 0 saturated carbocycles. The van der Waals surface area contributed by atoms with Crippen molar-refractivity contribution >= 4 is 5.84 Å². The number of nitrogens with zero attached hydrogens (tertiary/aromatic N) is 4. The van der Waals surface area contributed by atoms with Crippen LogP contribution in [0.4, 0.5) is 4.39 Å². The third kappa shape index (κ3) is 3.18. The molecule has 0 saturated heterocycles. The van der Waals surface area contributed by atoms with Gasteiger partial charge in [0, 0.05) is 12.6 Å². The standard InChI is InChI=1S/C16H18FN7/c17-12-6-2-1-5-11(12)10-24-15(16(21-18)22-19)9-14(23-24)13-7-3-4-8-20-13/h1-5,7-9,12H,6,10,18-19H2,(H,21,22). The fraction of sp³-hybridized carbons (Fsp3) is 0.188. The normalized spacial score (nSPS) is 17.7. The molecule has 124 valence electrons. The van der Waals surface area contributed by atoms with Crippen LogP contribution in [-0.4, -0.2) is 26.8 Å². The highest BCUT2D eigenvalue weighted by Gasteiger charge is 2.19. The van der Waals surface area contributed by atoms with Crippen LogP contribution in [0.25, 0.3) is 11.4 Å². The van der Waals surface area contributed by atoms with E-state index < -0.39 is 6.17 Å². The van der Waals surface area contributed by atoms with Crippen molar-refractivity contribution in [2.24, 2.45) is 16.8 Å². The first-order valence-corrected chi connectivity index (χ1v) is 7.46. The highest BCUT2D eigenvalue weighted by molar-refractivity contribution is 5.97. The third-order valence-electron chi connectivity index (χ3n) is 3.74. The van der Waals surface area contributed by atoms with Crippen LogP contribution in [0.1, 0.15) is 12.1 Å². The first-order valence-electron chi connectivity index (χ1n) is 7.46. The Kier molecular flexibility index (Phi) is 4.66. The average molecular weight is 327 g/mol. The second kappa shape index (κ2) is 7.05. The molecule has 0 fully saturated rings. The molecule has 7 nitrogen and oxygen atoms in total. The van der Waals surface area contributed by atoms with Crippen LogP contribution < -0.4 is 17.1 Å². The fourth-order valence-electron chi connectivity index (χ4n) is 2.51. The quantitative estimate of drug-likeness (QED) is 0.339. The van der Waals surface area contributed by atoms with Gasteiger partial charge in [-0.2, -0.15) is 10.2 Å². The molecule has 2 aromatic rings. The van der Waals surface area contributed by atoms with Crippen LogP contribution >= 0.6 is 0 Å². The van der Waals surface area contributed by atoms with E-state index in [0.29, 0.717) is 29.1 Å². The van der Waals surface area contributed by atoms with Crippen LogP contribution in [0.2, 0.25) is 0 Å². The number of aromatic nitrogens is 3. The van der Waals surface area contributed by atoms with Crippen LogP contribution in [0, 0.1) is 0 Å². The smallest absolute Gasteiger partial charge is 0.185 e. The zero-order valence-electron chi connectivity index (χ0n) is 12.9. The second-order valence-corrected chi connectivity index (χ2v) is 5.28. The third-order valence-corrected chi connectivity index (χ3v) is 3.74. The number of halogens is 1. The number of hydrogen-bond acceptors (Lipinski definition) is 5. The molecule has 0 aliphatic heterocycles. The van der Waals surface area contributed by atoms with Gasteiger partial charge in [-0.25, -0.2) is 10.2 Å². The van der Waals surface area contributed by atoms with E-state index in [4.69, 9.17) is 11.7 Å². The molecule has 3 rings (SSSR count). The van der Waals surface area contributed by atoms with E-state index in [0.717, 1.165) is 0 Å². The van der Waals surface area contributed by atoms with Gasteiger partial charge in [0.05, 0.1) is 12.2 Å². The summed E-state index contributed by atoms with van der Waals surface area (Å²) in [5.74, 6) is 11.1. The summed E-state index contributed by atoms with van der Waals surface area (Å²) in [6.07, 6.45) is 6.41. The fourth-order valence-corrected chi connectivity index (χ4v) is 2.51. The van der Waals surface area contributed by atoms with Crippen molar-refractivity contribution in [3.8, 4) is 11.4 Å². The zero-order chi connectivity index (χ0) is 16.9. The van der Waals surface area contributed by atoms with Crippen LogP contribution in [0.5, 0.6) is 0 Å². The van der Waals surface area contributed by atoms with Gasteiger partial charge in [-0.1, -0.05) is 24.3 Å². The average Bonchev–Trinajstić information content (AvgIpc) is 3.03. The van der Waals surface area contributed by atoms with Gasteiger partial charge in [0.25, 0.3) is 0 Å². The molecule has 0 amide bonds. The highest BCUT2D eigenvalue weighted by Crippen LogP contribution is 2.22. The SMILES string of the molecule is N/N=C(\NN)c1cc(-c2ccccn2)nn1CC1=CC=CCC1F. The number of allylic oxidation sites excluding steroid dienone is 4. The monoisotopic (exact) mass is 327 g/mol. The van der Waals surface area contributed by atoms with E-state index in [-0.39, 0.29) is 12.4 Å². The summed E-state index contributed by atoms with van der Waals surface area (Å²) in [6.45, 7) is 0.272. The summed E-state index contributed by atoms with van der Waals surface area (Å²) in [7, 11) is 0. The van der Waals surface area contributed by atoms with Crippen molar-refractivity contribution in [1.82, 2.24) is 20.2 Å². The molecule has 5 N–H and O–H groups in total. The molecule has 2 heterocycles. The molecule has 0 spiro atoms. The van der Waals surface area contributed by atoms with Gasteiger partial charge in [-0.3, -0.25) is 9.67 Å². The number of amidine groups is 1. The molecular weight excluding hydrogens is 309 g/mol. The summed E-state index contributed by atoms with van der Waals surface area (Å²) in [4.78, 5) is 4.28. The van der Waals surface area contributed by atoms with E-state index in [1.807, 2.05) is 24.3 Å². The molecule has 1 unspecified atom stereocenters. The van der Waals surface area contributed by atoms with Gasteiger partial charge in [-0.05, 0) is 23.8 Å².